The van der Waals surface area contributed by atoms with E-state index in [0.29, 0.717) is 45.3 Å². The van der Waals surface area contributed by atoms with Gasteiger partial charge >= 0.3 is 12.1 Å². The number of carboxylic acids is 1. The molecule has 3 N–H and O–H groups in total. The Kier molecular flexibility index (Phi) is 10.1. The monoisotopic (exact) mass is 482 g/mol. The van der Waals surface area contributed by atoms with Crippen LogP contribution in [0.15, 0.2) is 48.5 Å². The molecule has 0 heterocycles. The van der Waals surface area contributed by atoms with Crippen molar-refractivity contribution in [2.45, 2.75) is 50.5 Å². The molecule has 0 bridgehead atoms. The summed E-state index contributed by atoms with van der Waals surface area (Å²) >= 11 is 0. The maximum absolute atomic E-state index is 12.7. The number of nitrogens with one attached hydrogen (secondary N) is 2. The van der Waals surface area contributed by atoms with Gasteiger partial charge in [-0.3, -0.25) is 9.59 Å². The molecule has 1 atom stereocenters. The second kappa shape index (κ2) is 13.5. The molecular formula is C27H34N2O6. The summed E-state index contributed by atoms with van der Waals surface area (Å²) in [5.41, 5.74) is 4.55. The van der Waals surface area contributed by atoms with Crippen LogP contribution < -0.4 is 10.6 Å². The number of alkyl carbamates (subject to hydrolysis) is 1. The van der Waals surface area contributed by atoms with Crippen molar-refractivity contribution in [2.24, 2.45) is 0 Å². The number of unbranched alkanes of at least 4 members (excludes halogenated alkanes) is 2. The molecule has 8 nitrogen and oxygen atoms in total. The van der Waals surface area contributed by atoms with Crippen molar-refractivity contribution >= 4 is 18.0 Å². The first kappa shape index (κ1) is 26.2. The molecule has 188 valence electrons. The lowest BCUT2D eigenvalue weighted by Crippen LogP contribution is -2.47. The van der Waals surface area contributed by atoms with E-state index >= 15 is 0 Å². The summed E-state index contributed by atoms with van der Waals surface area (Å²) in [7, 11) is 1.59. The van der Waals surface area contributed by atoms with E-state index in [4.69, 9.17) is 14.6 Å². The van der Waals surface area contributed by atoms with Crippen molar-refractivity contribution in [2.75, 3.05) is 26.9 Å². The van der Waals surface area contributed by atoms with Gasteiger partial charge in [-0.05, 0) is 47.9 Å². The van der Waals surface area contributed by atoms with E-state index in [1.807, 2.05) is 24.3 Å². The Morgan fingerprint density at radius 2 is 1.60 bits per heavy atom. The van der Waals surface area contributed by atoms with Crippen LogP contribution in [-0.4, -0.2) is 56.0 Å². The molecule has 0 aliphatic heterocycles. The summed E-state index contributed by atoms with van der Waals surface area (Å²) in [6, 6.07) is 15.5. The number of amides is 2. The fourth-order valence-corrected chi connectivity index (χ4v) is 4.40. The molecule has 1 aliphatic carbocycles. The van der Waals surface area contributed by atoms with E-state index in [-0.39, 0.29) is 24.9 Å². The van der Waals surface area contributed by atoms with Crippen molar-refractivity contribution in [3.05, 3.63) is 59.7 Å². The lowest BCUT2D eigenvalue weighted by Gasteiger charge is -2.20. The summed E-state index contributed by atoms with van der Waals surface area (Å²) in [6.45, 7) is 1.08. The molecule has 0 aromatic heterocycles. The fraction of sp³-hybridized carbons (Fsp3) is 0.444. The predicted octanol–water partition coefficient (Wildman–Crippen LogP) is 4.08. The first-order valence-electron chi connectivity index (χ1n) is 12.1. The van der Waals surface area contributed by atoms with E-state index in [2.05, 4.69) is 34.9 Å². The first-order chi connectivity index (χ1) is 17.0. The minimum absolute atomic E-state index is 0.0558. The van der Waals surface area contributed by atoms with Gasteiger partial charge in [0.15, 0.2) is 0 Å². The van der Waals surface area contributed by atoms with E-state index in [0.717, 1.165) is 22.3 Å². The zero-order valence-corrected chi connectivity index (χ0v) is 20.1. The van der Waals surface area contributed by atoms with E-state index in [1.165, 1.54) is 0 Å². The number of hydrogen-bond donors (Lipinski definition) is 3. The third kappa shape index (κ3) is 7.55. The third-order valence-corrected chi connectivity index (χ3v) is 6.16. The van der Waals surface area contributed by atoms with Crippen LogP contribution in [-0.2, 0) is 19.1 Å². The Hall–Kier alpha value is -3.39. The van der Waals surface area contributed by atoms with Crippen LogP contribution in [0.1, 0.15) is 55.6 Å². The van der Waals surface area contributed by atoms with Gasteiger partial charge in [-0.2, -0.15) is 0 Å². The molecule has 0 spiro atoms. The molecule has 1 unspecified atom stereocenters. The first-order valence-corrected chi connectivity index (χ1v) is 12.1. The Morgan fingerprint density at radius 3 is 2.23 bits per heavy atom. The third-order valence-electron chi connectivity index (χ3n) is 6.16. The molecule has 1 aliphatic rings. The number of carbonyl (C=O) groups excluding carboxylic acids is 2. The van der Waals surface area contributed by atoms with Crippen LogP contribution in [0.25, 0.3) is 11.1 Å². The maximum atomic E-state index is 12.7. The van der Waals surface area contributed by atoms with Crippen LogP contribution >= 0.6 is 0 Å². The second-order valence-electron chi connectivity index (χ2n) is 8.65. The van der Waals surface area contributed by atoms with Gasteiger partial charge in [0.1, 0.15) is 12.6 Å². The van der Waals surface area contributed by atoms with Gasteiger partial charge < -0.3 is 25.2 Å². The Labute approximate surface area is 206 Å². The second-order valence-corrected chi connectivity index (χ2v) is 8.65. The van der Waals surface area contributed by atoms with Gasteiger partial charge in [0.25, 0.3) is 0 Å². The van der Waals surface area contributed by atoms with Gasteiger partial charge in [-0.15, -0.1) is 0 Å². The average molecular weight is 483 g/mol. The summed E-state index contributed by atoms with van der Waals surface area (Å²) in [6.07, 6.45) is 2.47. The van der Waals surface area contributed by atoms with Crippen molar-refractivity contribution in [1.82, 2.24) is 10.6 Å². The standard InChI is InChI=1S/C27H34N2O6/c1-34-17-9-14-24(26(32)28-16-8-2-3-15-25(30)31)29-27(33)35-18-23-21-12-6-4-10-19(21)20-11-5-7-13-22(20)23/h4-7,10-13,23-24H,2-3,8-9,14-18H2,1H3,(H,28,32)(H,29,33)(H,30,31). The van der Waals surface area contributed by atoms with Gasteiger partial charge in [0.2, 0.25) is 5.91 Å². The molecule has 0 fully saturated rings. The quantitative estimate of drug-likeness (QED) is 0.350. The van der Waals surface area contributed by atoms with Crippen molar-refractivity contribution < 1.29 is 29.0 Å². The highest BCUT2D eigenvalue weighted by Gasteiger charge is 2.29. The zero-order valence-electron chi connectivity index (χ0n) is 20.1. The van der Waals surface area contributed by atoms with Gasteiger partial charge in [-0.25, -0.2) is 4.79 Å². The number of methoxy groups -OCH3 is 1. The highest BCUT2D eigenvalue weighted by Crippen LogP contribution is 2.44. The summed E-state index contributed by atoms with van der Waals surface area (Å²) in [4.78, 5) is 35.9. The molecule has 2 aromatic rings. The maximum Gasteiger partial charge on any atom is 0.407 e. The topological polar surface area (TPSA) is 114 Å². The number of carboxylic acid groups (broad SMARTS) is 1. The van der Waals surface area contributed by atoms with Crippen LogP contribution in [0.4, 0.5) is 4.79 Å². The van der Waals surface area contributed by atoms with Crippen LogP contribution in [0.2, 0.25) is 0 Å². The zero-order chi connectivity index (χ0) is 25.0. The molecule has 35 heavy (non-hydrogen) atoms. The Bertz CT molecular complexity index is 963. The van der Waals surface area contributed by atoms with Crippen molar-refractivity contribution in [1.29, 1.82) is 0 Å². The van der Waals surface area contributed by atoms with Crippen LogP contribution in [0.5, 0.6) is 0 Å². The smallest absolute Gasteiger partial charge is 0.407 e. The lowest BCUT2D eigenvalue weighted by molar-refractivity contribution is -0.137. The van der Waals surface area contributed by atoms with Crippen LogP contribution in [0.3, 0.4) is 0 Å². The fourth-order valence-electron chi connectivity index (χ4n) is 4.40. The predicted molar refractivity (Wildman–Crippen MR) is 132 cm³/mol. The molecule has 2 aromatic carbocycles. The van der Waals surface area contributed by atoms with Crippen molar-refractivity contribution in [3.63, 3.8) is 0 Å². The van der Waals surface area contributed by atoms with Crippen molar-refractivity contribution in [3.8, 4) is 11.1 Å². The van der Waals surface area contributed by atoms with Crippen LogP contribution in [0, 0.1) is 0 Å². The minimum atomic E-state index is -0.820. The number of ether oxygens (including phenoxy) is 2. The van der Waals surface area contributed by atoms with Gasteiger partial charge in [-0.1, -0.05) is 55.0 Å². The lowest BCUT2D eigenvalue weighted by atomic mass is 9.98. The number of hydrogen-bond acceptors (Lipinski definition) is 5. The van der Waals surface area contributed by atoms with Gasteiger partial charge in [0, 0.05) is 32.6 Å². The minimum Gasteiger partial charge on any atom is -0.481 e. The highest BCUT2D eigenvalue weighted by atomic mass is 16.5. The number of carbonyl (C=O) groups is 3. The molecule has 0 radical (unpaired) electrons. The number of benzene rings is 2. The average Bonchev–Trinajstić information content (AvgIpc) is 3.17. The summed E-state index contributed by atoms with van der Waals surface area (Å²) in [5, 5.41) is 14.2. The number of fused-ring (bicyclic) bond motifs is 3. The molecule has 2 amide bonds. The number of rotatable bonds is 14. The normalized spacial score (nSPS) is 12.9. The Morgan fingerprint density at radius 1 is 0.943 bits per heavy atom. The van der Waals surface area contributed by atoms with E-state index in [1.54, 1.807) is 7.11 Å². The van der Waals surface area contributed by atoms with Gasteiger partial charge in [0.05, 0.1) is 0 Å². The van der Waals surface area contributed by atoms with E-state index < -0.39 is 18.1 Å². The highest BCUT2D eigenvalue weighted by molar-refractivity contribution is 5.85. The molecule has 8 heteroatoms. The summed E-state index contributed by atoms with van der Waals surface area (Å²) < 4.78 is 10.7. The molecule has 3 rings (SSSR count). The molecule has 0 saturated heterocycles. The Balaban J connectivity index is 1.53. The summed E-state index contributed by atoms with van der Waals surface area (Å²) in [5.74, 6) is -1.16. The van der Waals surface area contributed by atoms with E-state index in [9.17, 15) is 14.4 Å². The molecule has 0 saturated carbocycles. The SMILES string of the molecule is COCCCC(NC(=O)OCC1c2ccccc2-c2ccccc21)C(=O)NCCCCCC(=O)O. The number of aliphatic carboxylic acids is 1. The molecular weight excluding hydrogens is 448 g/mol. The largest absolute Gasteiger partial charge is 0.481 e.